The number of fused-ring (bicyclic) bond motifs is 1. The molecular formula is C25H27N7O4S. The predicted octanol–water partition coefficient (Wildman–Crippen LogP) is 1.43. The normalized spacial score (nSPS) is 19.3. The lowest BCUT2D eigenvalue weighted by Crippen LogP contribution is -2.45. The number of nitrogens with one attached hydrogen (secondary N) is 2. The number of imidazole rings is 1. The van der Waals surface area contributed by atoms with Gasteiger partial charge in [0.1, 0.15) is 5.69 Å². The van der Waals surface area contributed by atoms with Crippen molar-refractivity contribution in [3.05, 3.63) is 56.2 Å². The van der Waals surface area contributed by atoms with Gasteiger partial charge in [0.15, 0.2) is 11.1 Å². The highest BCUT2D eigenvalue weighted by atomic mass is 32.1. The molecule has 0 radical (unpaired) electrons. The summed E-state index contributed by atoms with van der Waals surface area (Å²) in [6, 6.07) is 6.03. The van der Waals surface area contributed by atoms with E-state index < -0.39 is 5.69 Å². The number of aromatic amines is 2. The van der Waals surface area contributed by atoms with Crippen molar-refractivity contribution >= 4 is 29.0 Å². The van der Waals surface area contributed by atoms with Gasteiger partial charge in [-0.1, -0.05) is 0 Å². The topological polar surface area (TPSA) is 141 Å². The fourth-order valence-electron chi connectivity index (χ4n) is 4.69. The van der Waals surface area contributed by atoms with Crippen LogP contribution in [0.1, 0.15) is 47.5 Å². The van der Waals surface area contributed by atoms with Crippen molar-refractivity contribution in [2.75, 3.05) is 20.3 Å². The molecule has 1 unspecified atom stereocenters. The van der Waals surface area contributed by atoms with Crippen molar-refractivity contribution in [1.29, 1.82) is 0 Å². The molecule has 11 nitrogen and oxygen atoms in total. The Labute approximate surface area is 215 Å². The highest BCUT2D eigenvalue weighted by Gasteiger charge is 2.28. The molecule has 2 aliphatic rings. The molecule has 1 aliphatic heterocycles. The third kappa shape index (κ3) is 4.69. The molecule has 192 valence electrons. The number of H-pyrrole nitrogens is 2. The molecular weight excluding hydrogens is 494 g/mol. The van der Waals surface area contributed by atoms with E-state index in [1.54, 1.807) is 23.9 Å². The Kier molecular flexibility index (Phi) is 6.13. The van der Waals surface area contributed by atoms with Gasteiger partial charge >= 0.3 is 5.69 Å². The first-order valence-corrected chi connectivity index (χ1v) is 13.2. The molecule has 1 amide bonds. The van der Waals surface area contributed by atoms with Crippen molar-refractivity contribution in [3.63, 3.8) is 0 Å². The van der Waals surface area contributed by atoms with Crippen LogP contribution < -0.4 is 16.4 Å². The van der Waals surface area contributed by atoms with Gasteiger partial charge in [-0.05, 0) is 50.3 Å². The summed E-state index contributed by atoms with van der Waals surface area (Å²) >= 11 is 1.41. The molecule has 0 spiro atoms. The Bertz CT molecular complexity index is 1640. The molecule has 4 aromatic heterocycles. The second kappa shape index (κ2) is 9.60. The number of thiophene rings is 1. The van der Waals surface area contributed by atoms with Crippen LogP contribution in [0.3, 0.4) is 0 Å². The van der Waals surface area contributed by atoms with Crippen LogP contribution in [0.4, 0.5) is 0 Å². The van der Waals surface area contributed by atoms with E-state index in [0.717, 1.165) is 43.5 Å². The smallest absolute Gasteiger partial charge is 0.326 e. The molecule has 1 atom stereocenters. The summed E-state index contributed by atoms with van der Waals surface area (Å²) in [7, 11) is 1.67. The Morgan fingerprint density at radius 2 is 2.16 bits per heavy atom. The number of aromatic nitrogens is 5. The maximum atomic E-state index is 13.4. The van der Waals surface area contributed by atoms with Crippen molar-refractivity contribution in [3.8, 4) is 16.5 Å². The summed E-state index contributed by atoms with van der Waals surface area (Å²) in [5, 5.41) is 15.1. The van der Waals surface area contributed by atoms with E-state index in [1.165, 1.54) is 11.3 Å². The third-order valence-electron chi connectivity index (χ3n) is 6.69. The van der Waals surface area contributed by atoms with Gasteiger partial charge in [0.25, 0.3) is 5.91 Å². The summed E-state index contributed by atoms with van der Waals surface area (Å²) in [6.45, 7) is 1.27. The van der Waals surface area contributed by atoms with E-state index >= 15 is 0 Å². The number of carbonyl (C=O) groups excluding carboxylic acids is 1. The Balaban J connectivity index is 1.41. The minimum atomic E-state index is -0.504. The molecule has 1 aliphatic carbocycles. The summed E-state index contributed by atoms with van der Waals surface area (Å²) in [5.74, 6) is -0.235. The molecule has 2 fully saturated rings. The van der Waals surface area contributed by atoms with Gasteiger partial charge in [-0.15, -0.1) is 11.3 Å². The van der Waals surface area contributed by atoms with Crippen molar-refractivity contribution in [2.45, 2.75) is 44.2 Å². The number of hydrogen-bond acceptors (Lipinski definition) is 8. The molecule has 0 aromatic carbocycles. The minimum Gasteiger partial charge on any atom is -0.493 e. The number of methoxy groups -OCH3 is 1. The second-order valence-corrected chi connectivity index (χ2v) is 10.5. The van der Waals surface area contributed by atoms with Gasteiger partial charge in [-0.25, -0.2) is 9.78 Å². The Morgan fingerprint density at radius 1 is 1.30 bits per heavy atom. The predicted molar refractivity (Wildman–Crippen MR) is 137 cm³/mol. The molecule has 6 rings (SSSR count). The van der Waals surface area contributed by atoms with Crippen LogP contribution in [0.15, 0.2) is 34.2 Å². The summed E-state index contributed by atoms with van der Waals surface area (Å²) in [5.41, 5.74) is 1.63. The number of ether oxygens (including phenoxy) is 1. The number of likely N-dealkylation sites (tertiary alicyclic amines) is 1. The van der Waals surface area contributed by atoms with Crippen molar-refractivity contribution in [1.82, 2.24) is 29.5 Å². The number of aromatic hydroxyl groups is 1. The van der Waals surface area contributed by atoms with Gasteiger partial charge in [0.2, 0.25) is 5.88 Å². The van der Waals surface area contributed by atoms with Crippen LogP contribution in [0.25, 0.3) is 22.3 Å². The summed E-state index contributed by atoms with van der Waals surface area (Å²) in [4.78, 5) is 42.9. The SMILES string of the molecule is COCC1CCCCN1C(=O)c1ccc(-c2cc(=NC3CC3)n3ncc(=Cc4[nH]c(=O)[nH]c4O)c3n2)s1. The van der Waals surface area contributed by atoms with E-state index in [1.807, 2.05) is 23.1 Å². The zero-order valence-corrected chi connectivity index (χ0v) is 21.1. The molecule has 12 heteroatoms. The van der Waals surface area contributed by atoms with Crippen LogP contribution in [0.2, 0.25) is 0 Å². The second-order valence-electron chi connectivity index (χ2n) is 9.45. The van der Waals surface area contributed by atoms with Gasteiger partial charge in [0.05, 0.1) is 40.3 Å². The minimum absolute atomic E-state index is 0.0206. The standard InChI is InChI=1S/C25H27N7O4S/c1-36-13-16-4-2-3-9-31(16)24(34)20-8-7-19(37-20)17-11-21(27-15-5-6-15)32-22(28-17)14(12-26-32)10-18-23(33)30-25(35)29-18/h7-8,10-12,15-16,33H,2-6,9,13H2,1H3,(H2,29,30,35). The third-order valence-corrected chi connectivity index (χ3v) is 7.79. The molecule has 0 bridgehead atoms. The first-order valence-electron chi connectivity index (χ1n) is 12.4. The molecule has 1 saturated carbocycles. The average Bonchev–Trinajstić information content (AvgIpc) is 3.26. The van der Waals surface area contributed by atoms with E-state index in [9.17, 15) is 14.7 Å². The first kappa shape index (κ1) is 23.6. The average molecular weight is 522 g/mol. The van der Waals surface area contributed by atoms with Gasteiger partial charge in [-0.3, -0.25) is 14.8 Å². The number of nitrogens with zero attached hydrogens (tertiary/aromatic N) is 5. The highest BCUT2D eigenvalue weighted by Crippen LogP contribution is 2.29. The highest BCUT2D eigenvalue weighted by molar-refractivity contribution is 7.17. The maximum Gasteiger partial charge on any atom is 0.326 e. The molecule has 3 N–H and O–H groups in total. The van der Waals surface area contributed by atoms with Crippen molar-refractivity contribution < 1.29 is 14.6 Å². The quantitative estimate of drug-likeness (QED) is 0.351. The molecule has 37 heavy (non-hydrogen) atoms. The van der Waals surface area contributed by atoms with E-state index in [-0.39, 0.29) is 29.6 Å². The lowest BCUT2D eigenvalue weighted by Gasteiger charge is -2.35. The Morgan fingerprint density at radius 3 is 2.92 bits per heavy atom. The molecule has 5 heterocycles. The lowest BCUT2D eigenvalue weighted by atomic mass is 10.0. The number of piperidine rings is 1. The fraction of sp³-hybridized carbons (Fsp3) is 0.400. The number of amides is 1. The van der Waals surface area contributed by atoms with Gasteiger partial charge in [0, 0.05) is 24.9 Å². The maximum absolute atomic E-state index is 13.4. The fourth-order valence-corrected chi connectivity index (χ4v) is 5.61. The zero-order chi connectivity index (χ0) is 25.5. The van der Waals surface area contributed by atoms with E-state index in [4.69, 9.17) is 14.7 Å². The number of hydrogen-bond donors (Lipinski definition) is 3. The zero-order valence-electron chi connectivity index (χ0n) is 20.3. The first-order chi connectivity index (χ1) is 18.0. The number of carbonyl (C=O) groups is 1. The van der Waals surface area contributed by atoms with Gasteiger partial charge in [-0.2, -0.15) is 9.61 Å². The van der Waals surface area contributed by atoms with Crippen LogP contribution in [-0.2, 0) is 4.74 Å². The largest absolute Gasteiger partial charge is 0.493 e. The number of rotatable bonds is 6. The van der Waals surface area contributed by atoms with Crippen LogP contribution in [0, 0.1) is 0 Å². The molecule has 1 saturated heterocycles. The van der Waals surface area contributed by atoms with Crippen molar-refractivity contribution in [2.24, 2.45) is 4.99 Å². The van der Waals surface area contributed by atoms with Crippen LogP contribution in [-0.4, -0.2) is 72.8 Å². The van der Waals surface area contributed by atoms with E-state index in [2.05, 4.69) is 15.1 Å². The van der Waals surface area contributed by atoms with E-state index in [0.29, 0.717) is 33.5 Å². The Hall–Kier alpha value is -3.77. The summed E-state index contributed by atoms with van der Waals surface area (Å²) < 4.78 is 7.02. The molecule has 4 aromatic rings. The lowest BCUT2D eigenvalue weighted by molar-refractivity contribution is 0.0432. The summed E-state index contributed by atoms with van der Waals surface area (Å²) in [6.07, 6.45) is 8.36. The van der Waals surface area contributed by atoms with Crippen LogP contribution >= 0.6 is 11.3 Å². The monoisotopic (exact) mass is 521 g/mol. The van der Waals surface area contributed by atoms with Crippen LogP contribution in [0.5, 0.6) is 5.88 Å². The van der Waals surface area contributed by atoms with Gasteiger partial charge < -0.3 is 19.7 Å².